The fraction of sp³-hybridized carbons (Fsp3) is 0.385. The first-order valence-corrected chi connectivity index (χ1v) is 7.92. The Morgan fingerprint density at radius 3 is 2.62 bits per heavy atom. The molecule has 7 nitrogen and oxygen atoms in total. The van der Waals surface area contributed by atoms with Crippen LogP contribution in [0.5, 0.6) is 0 Å². The SMILES string of the molecule is CC/C=C\C[C@H](CO)NS(=O)(=O)c1ccccc1[N+](=O)[O-]. The van der Waals surface area contributed by atoms with Crippen LogP contribution in [0.25, 0.3) is 0 Å². The van der Waals surface area contributed by atoms with Crippen LogP contribution in [0, 0.1) is 10.1 Å². The van der Waals surface area contributed by atoms with Crippen molar-refractivity contribution in [1.82, 2.24) is 4.72 Å². The minimum absolute atomic E-state index is 0.310. The molecule has 1 rings (SSSR count). The zero-order valence-corrected chi connectivity index (χ0v) is 12.4. The Morgan fingerprint density at radius 1 is 1.38 bits per heavy atom. The highest BCUT2D eigenvalue weighted by Gasteiger charge is 2.27. The van der Waals surface area contributed by atoms with Gasteiger partial charge in [-0.2, -0.15) is 0 Å². The van der Waals surface area contributed by atoms with Crippen LogP contribution < -0.4 is 4.72 Å². The van der Waals surface area contributed by atoms with Gasteiger partial charge in [-0.1, -0.05) is 31.2 Å². The molecule has 0 spiro atoms. The molecule has 116 valence electrons. The van der Waals surface area contributed by atoms with Gasteiger partial charge in [-0.3, -0.25) is 10.1 Å². The van der Waals surface area contributed by atoms with Crippen LogP contribution in [0.2, 0.25) is 0 Å². The highest BCUT2D eigenvalue weighted by atomic mass is 32.2. The van der Waals surface area contributed by atoms with Crippen LogP contribution in [0.15, 0.2) is 41.3 Å². The van der Waals surface area contributed by atoms with Crippen LogP contribution >= 0.6 is 0 Å². The quantitative estimate of drug-likeness (QED) is 0.430. The zero-order valence-electron chi connectivity index (χ0n) is 11.6. The first kappa shape index (κ1) is 17.3. The number of rotatable bonds is 8. The Kier molecular flexibility index (Phi) is 6.47. The smallest absolute Gasteiger partial charge is 0.289 e. The number of nitro benzene ring substituents is 1. The molecular weight excluding hydrogens is 296 g/mol. The second-order valence-electron chi connectivity index (χ2n) is 4.34. The maximum atomic E-state index is 12.2. The average Bonchev–Trinajstić information content (AvgIpc) is 2.46. The summed E-state index contributed by atoms with van der Waals surface area (Å²) in [5.41, 5.74) is -0.495. The van der Waals surface area contributed by atoms with Gasteiger partial charge in [-0.15, -0.1) is 0 Å². The summed E-state index contributed by atoms with van der Waals surface area (Å²) in [4.78, 5) is 9.73. The number of nitrogens with one attached hydrogen (secondary N) is 1. The van der Waals surface area contributed by atoms with E-state index in [1.807, 2.05) is 13.0 Å². The summed E-state index contributed by atoms with van der Waals surface area (Å²) in [6.07, 6.45) is 4.71. The third-order valence-corrected chi connectivity index (χ3v) is 4.28. The van der Waals surface area contributed by atoms with E-state index in [0.717, 1.165) is 18.6 Å². The molecule has 0 saturated heterocycles. The van der Waals surface area contributed by atoms with E-state index in [1.54, 1.807) is 6.08 Å². The molecule has 1 aromatic carbocycles. The molecule has 0 aliphatic carbocycles. The van der Waals surface area contributed by atoms with Crippen molar-refractivity contribution in [1.29, 1.82) is 0 Å². The van der Waals surface area contributed by atoms with E-state index in [-0.39, 0.29) is 0 Å². The maximum absolute atomic E-state index is 12.2. The highest BCUT2D eigenvalue weighted by molar-refractivity contribution is 7.89. The lowest BCUT2D eigenvalue weighted by Gasteiger charge is -2.14. The number of para-hydroxylation sites is 1. The molecule has 0 aliphatic heterocycles. The predicted octanol–water partition coefficient (Wildman–Crippen LogP) is 1.59. The minimum atomic E-state index is -4.07. The number of hydrogen-bond acceptors (Lipinski definition) is 5. The average molecular weight is 314 g/mol. The van der Waals surface area contributed by atoms with Gasteiger partial charge in [0.25, 0.3) is 5.69 Å². The Bertz CT molecular complexity index is 613. The van der Waals surface area contributed by atoms with E-state index < -0.39 is 38.2 Å². The molecule has 1 atom stereocenters. The lowest BCUT2D eigenvalue weighted by Crippen LogP contribution is -2.37. The molecule has 21 heavy (non-hydrogen) atoms. The Morgan fingerprint density at radius 2 is 2.05 bits per heavy atom. The summed E-state index contributed by atoms with van der Waals surface area (Å²) in [5.74, 6) is 0. The Balaban J connectivity index is 3.00. The normalized spacial score (nSPS) is 13.4. The van der Waals surface area contributed by atoms with Gasteiger partial charge in [0, 0.05) is 12.1 Å². The summed E-state index contributed by atoms with van der Waals surface area (Å²) in [7, 11) is -4.07. The maximum Gasteiger partial charge on any atom is 0.289 e. The van der Waals surface area contributed by atoms with Crippen molar-refractivity contribution in [2.45, 2.75) is 30.7 Å². The lowest BCUT2D eigenvalue weighted by molar-refractivity contribution is -0.387. The van der Waals surface area contributed by atoms with Crippen molar-refractivity contribution < 1.29 is 18.4 Å². The molecule has 0 radical (unpaired) electrons. The van der Waals surface area contributed by atoms with Crippen LogP contribution in [0.1, 0.15) is 19.8 Å². The van der Waals surface area contributed by atoms with Gasteiger partial charge in [0.1, 0.15) is 0 Å². The molecule has 0 unspecified atom stereocenters. The predicted molar refractivity (Wildman–Crippen MR) is 78.3 cm³/mol. The van der Waals surface area contributed by atoms with Gasteiger partial charge in [0.2, 0.25) is 10.0 Å². The van der Waals surface area contributed by atoms with Gasteiger partial charge in [0.15, 0.2) is 4.90 Å². The van der Waals surface area contributed by atoms with E-state index in [9.17, 15) is 23.6 Å². The number of hydrogen-bond donors (Lipinski definition) is 2. The molecule has 1 aromatic rings. The van der Waals surface area contributed by atoms with E-state index in [2.05, 4.69) is 4.72 Å². The van der Waals surface area contributed by atoms with Crippen molar-refractivity contribution in [2.24, 2.45) is 0 Å². The number of nitrogens with zero attached hydrogens (tertiary/aromatic N) is 1. The molecule has 0 fully saturated rings. The minimum Gasteiger partial charge on any atom is -0.395 e. The molecule has 0 heterocycles. The first-order chi connectivity index (χ1) is 9.92. The van der Waals surface area contributed by atoms with Crippen molar-refractivity contribution >= 4 is 15.7 Å². The van der Waals surface area contributed by atoms with Crippen molar-refractivity contribution in [3.63, 3.8) is 0 Å². The van der Waals surface area contributed by atoms with Crippen molar-refractivity contribution in [3.8, 4) is 0 Å². The van der Waals surface area contributed by atoms with Gasteiger partial charge in [-0.05, 0) is 18.9 Å². The van der Waals surface area contributed by atoms with Gasteiger partial charge in [-0.25, -0.2) is 13.1 Å². The summed E-state index contributed by atoms with van der Waals surface area (Å²) in [6, 6.07) is 4.37. The fourth-order valence-electron chi connectivity index (χ4n) is 1.71. The van der Waals surface area contributed by atoms with Gasteiger partial charge in [0.05, 0.1) is 11.5 Å². The van der Waals surface area contributed by atoms with Crippen molar-refractivity contribution in [3.05, 3.63) is 46.5 Å². The van der Waals surface area contributed by atoms with Crippen molar-refractivity contribution in [2.75, 3.05) is 6.61 Å². The first-order valence-electron chi connectivity index (χ1n) is 6.44. The number of sulfonamides is 1. The third-order valence-electron chi connectivity index (χ3n) is 2.72. The number of allylic oxidation sites excluding steroid dienone is 1. The summed E-state index contributed by atoms with van der Waals surface area (Å²) in [5, 5.41) is 20.1. The second-order valence-corrected chi connectivity index (χ2v) is 6.02. The van der Waals surface area contributed by atoms with E-state index >= 15 is 0 Å². The fourth-order valence-corrected chi connectivity index (χ4v) is 3.12. The molecule has 0 amide bonds. The molecule has 0 aromatic heterocycles. The second kappa shape index (κ2) is 7.87. The monoisotopic (exact) mass is 314 g/mol. The third kappa shape index (κ3) is 4.92. The molecule has 0 saturated carbocycles. The van der Waals surface area contributed by atoms with Gasteiger partial charge >= 0.3 is 0 Å². The number of benzene rings is 1. The van der Waals surface area contributed by atoms with E-state index in [4.69, 9.17) is 0 Å². The highest BCUT2D eigenvalue weighted by Crippen LogP contribution is 2.23. The van der Waals surface area contributed by atoms with Crippen LogP contribution in [0.3, 0.4) is 0 Å². The van der Waals surface area contributed by atoms with E-state index in [0.29, 0.717) is 6.42 Å². The number of aliphatic hydroxyl groups excluding tert-OH is 1. The topological polar surface area (TPSA) is 110 Å². The Hall–Kier alpha value is -1.77. The standard InChI is InChI=1S/C13H18N2O5S/c1-2-3-4-7-11(10-16)14-21(19,20)13-9-6-5-8-12(13)15(17)18/h3-6,8-9,11,14,16H,2,7,10H2,1H3/b4-3-/t11-/m1/s1. The molecule has 0 bridgehead atoms. The molecule has 0 aliphatic rings. The number of nitro groups is 1. The summed E-state index contributed by atoms with van der Waals surface area (Å²) in [6.45, 7) is 1.54. The van der Waals surface area contributed by atoms with Crippen LogP contribution in [-0.4, -0.2) is 31.1 Å². The Labute approximate surface area is 123 Å². The van der Waals surface area contributed by atoms with Crippen LogP contribution in [0.4, 0.5) is 5.69 Å². The molecular formula is C13H18N2O5S. The summed E-state index contributed by atoms with van der Waals surface area (Å²) < 4.78 is 26.7. The molecule has 2 N–H and O–H groups in total. The lowest BCUT2D eigenvalue weighted by atomic mass is 10.2. The number of aliphatic hydroxyl groups is 1. The van der Waals surface area contributed by atoms with Crippen LogP contribution in [-0.2, 0) is 10.0 Å². The van der Waals surface area contributed by atoms with Gasteiger partial charge < -0.3 is 5.11 Å². The molecule has 8 heteroatoms. The van der Waals surface area contributed by atoms with E-state index in [1.165, 1.54) is 12.1 Å². The largest absolute Gasteiger partial charge is 0.395 e. The summed E-state index contributed by atoms with van der Waals surface area (Å²) >= 11 is 0. The zero-order chi connectivity index (χ0) is 15.9.